The van der Waals surface area contributed by atoms with Crippen LogP contribution in [0.4, 0.5) is 5.69 Å². The van der Waals surface area contributed by atoms with Crippen LogP contribution in [0.5, 0.6) is 0 Å². The van der Waals surface area contributed by atoms with Gasteiger partial charge in [-0.1, -0.05) is 64.7 Å². The van der Waals surface area contributed by atoms with Crippen LogP contribution >= 0.6 is 0 Å². The zero-order valence-corrected chi connectivity index (χ0v) is 19.5. The van der Waals surface area contributed by atoms with Crippen molar-refractivity contribution in [3.8, 4) is 0 Å². The molecule has 0 bridgehead atoms. The summed E-state index contributed by atoms with van der Waals surface area (Å²) in [5.74, 6) is 0.803. The van der Waals surface area contributed by atoms with E-state index in [-0.39, 0.29) is 12.2 Å². The number of carbonyl (C=O) groups excluding carboxylic acids is 1. The molecule has 1 aromatic rings. The van der Waals surface area contributed by atoms with E-state index >= 15 is 0 Å². The molecule has 1 aliphatic carbocycles. The number of allylic oxidation sites excluding steroid dienone is 4. The number of hydrogen-bond acceptors (Lipinski definition) is 4. The summed E-state index contributed by atoms with van der Waals surface area (Å²) in [6.07, 6.45) is 15.2. The fourth-order valence-electron chi connectivity index (χ4n) is 3.86. The van der Waals surface area contributed by atoms with Crippen molar-refractivity contribution in [3.05, 3.63) is 53.3 Å². The third kappa shape index (κ3) is 8.64. The predicted octanol–water partition coefficient (Wildman–Crippen LogP) is 7.50. The summed E-state index contributed by atoms with van der Waals surface area (Å²) in [4.78, 5) is 12.8. The Morgan fingerprint density at radius 3 is 2.65 bits per heavy atom. The second-order valence-electron chi connectivity index (χ2n) is 8.91. The lowest BCUT2D eigenvalue weighted by Crippen LogP contribution is -2.12. The van der Waals surface area contributed by atoms with E-state index in [1.807, 2.05) is 30.4 Å². The van der Waals surface area contributed by atoms with Crippen LogP contribution in [-0.2, 0) is 6.42 Å². The van der Waals surface area contributed by atoms with E-state index in [9.17, 15) is 4.79 Å². The molecule has 0 unspecified atom stereocenters. The van der Waals surface area contributed by atoms with Gasteiger partial charge >= 0.3 is 0 Å². The standard InChI is InChI=1S/C27H39N3O/c1-4-21-18-23(30-26-15-11-7-10-14-25(26)29)16-17-24(21)27(31)19-22(28)13-9-6-5-8-12-20(2)3/h7,10,15-18,20,28-30H,4-6,8-9,11-14,19H2,1-3H3. The lowest BCUT2D eigenvalue weighted by atomic mass is 9.96. The number of ketones is 1. The van der Waals surface area contributed by atoms with E-state index in [2.05, 4.69) is 32.2 Å². The number of nitrogens with one attached hydrogen (secondary N) is 3. The van der Waals surface area contributed by atoms with Gasteiger partial charge in [0.15, 0.2) is 5.78 Å². The highest BCUT2D eigenvalue weighted by Crippen LogP contribution is 2.22. The van der Waals surface area contributed by atoms with Crippen LogP contribution in [0, 0.1) is 16.7 Å². The molecule has 4 nitrogen and oxygen atoms in total. The van der Waals surface area contributed by atoms with Crippen LogP contribution in [0.2, 0.25) is 0 Å². The van der Waals surface area contributed by atoms with Crippen molar-refractivity contribution in [1.82, 2.24) is 0 Å². The van der Waals surface area contributed by atoms with Crippen molar-refractivity contribution in [1.29, 1.82) is 10.8 Å². The minimum absolute atomic E-state index is 0.0406. The van der Waals surface area contributed by atoms with E-state index in [4.69, 9.17) is 10.8 Å². The second-order valence-corrected chi connectivity index (χ2v) is 8.91. The fraction of sp³-hybridized carbons (Fsp3) is 0.519. The Kier molecular flexibility index (Phi) is 10.4. The minimum atomic E-state index is 0.0406. The summed E-state index contributed by atoms with van der Waals surface area (Å²) in [5.41, 5.74) is 4.58. The van der Waals surface area contributed by atoms with Gasteiger partial charge < -0.3 is 16.1 Å². The first-order valence-corrected chi connectivity index (χ1v) is 11.8. The van der Waals surface area contributed by atoms with Gasteiger partial charge in [0.25, 0.3) is 0 Å². The summed E-state index contributed by atoms with van der Waals surface area (Å²) in [6.45, 7) is 6.56. The highest BCUT2D eigenvalue weighted by molar-refractivity contribution is 6.09. The maximum Gasteiger partial charge on any atom is 0.168 e. The van der Waals surface area contributed by atoms with E-state index in [1.54, 1.807) is 0 Å². The SMILES string of the molecule is CCc1cc(NC2=CCC=CCC2=N)ccc1C(=O)CC(=N)CCCCCCC(C)C. The number of aryl methyl sites for hydroxylation is 1. The molecule has 0 saturated carbocycles. The maximum absolute atomic E-state index is 12.8. The highest BCUT2D eigenvalue weighted by atomic mass is 16.1. The van der Waals surface area contributed by atoms with Crippen molar-refractivity contribution >= 4 is 22.9 Å². The van der Waals surface area contributed by atoms with E-state index < -0.39 is 0 Å². The molecule has 0 aliphatic heterocycles. The lowest BCUT2D eigenvalue weighted by molar-refractivity contribution is 0.0999. The van der Waals surface area contributed by atoms with E-state index in [1.165, 1.54) is 19.3 Å². The number of hydrogen-bond donors (Lipinski definition) is 3. The number of anilines is 1. The van der Waals surface area contributed by atoms with Crippen molar-refractivity contribution in [2.24, 2.45) is 5.92 Å². The Morgan fingerprint density at radius 1 is 1.13 bits per heavy atom. The Hall–Kier alpha value is -2.49. The average Bonchev–Trinajstić information content (AvgIpc) is 2.94. The third-order valence-electron chi connectivity index (χ3n) is 5.72. The molecular weight excluding hydrogens is 382 g/mol. The molecule has 1 aromatic carbocycles. The van der Waals surface area contributed by atoms with Gasteiger partial charge in [0.05, 0.1) is 11.4 Å². The van der Waals surface area contributed by atoms with Gasteiger partial charge in [0.1, 0.15) is 0 Å². The number of carbonyl (C=O) groups is 1. The fourth-order valence-corrected chi connectivity index (χ4v) is 3.86. The first-order chi connectivity index (χ1) is 14.9. The molecule has 1 aliphatic rings. The molecule has 2 rings (SSSR count). The summed E-state index contributed by atoms with van der Waals surface area (Å²) < 4.78 is 0. The number of unbranched alkanes of at least 4 members (excludes halogenated alkanes) is 3. The van der Waals surface area contributed by atoms with Gasteiger partial charge in [-0.25, -0.2) is 0 Å². The monoisotopic (exact) mass is 421 g/mol. The molecule has 0 spiro atoms. The van der Waals surface area contributed by atoms with Crippen molar-refractivity contribution in [3.63, 3.8) is 0 Å². The topological polar surface area (TPSA) is 76.8 Å². The summed E-state index contributed by atoms with van der Waals surface area (Å²) in [6, 6.07) is 5.80. The molecule has 4 heteroatoms. The first-order valence-electron chi connectivity index (χ1n) is 11.8. The van der Waals surface area contributed by atoms with Crippen LogP contribution < -0.4 is 5.32 Å². The Bertz CT molecular complexity index is 833. The molecule has 3 N–H and O–H groups in total. The number of rotatable bonds is 13. The third-order valence-corrected chi connectivity index (χ3v) is 5.72. The van der Waals surface area contributed by atoms with Crippen LogP contribution in [0.25, 0.3) is 0 Å². The van der Waals surface area contributed by atoms with Crippen LogP contribution in [0.1, 0.15) is 94.5 Å². The van der Waals surface area contributed by atoms with Gasteiger partial charge in [-0.15, -0.1) is 0 Å². The van der Waals surface area contributed by atoms with Crippen molar-refractivity contribution < 1.29 is 4.79 Å². The Balaban J connectivity index is 1.88. The van der Waals surface area contributed by atoms with Crippen LogP contribution in [0.15, 0.2) is 42.1 Å². The number of benzene rings is 1. The molecule has 0 radical (unpaired) electrons. The normalized spacial score (nSPS) is 13.8. The van der Waals surface area contributed by atoms with E-state index in [0.29, 0.717) is 17.8 Å². The largest absolute Gasteiger partial charge is 0.354 e. The molecule has 0 heterocycles. The van der Waals surface area contributed by atoms with Gasteiger partial charge in [0, 0.05) is 29.8 Å². The van der Waals surface area contributed by atoms with E-state index in [0.717, 1.165) is 60.5 Å². The molecule has 0 saturated heterocycles. The number of Topliss-reactive ketones (excluding diaryl/α,β-unsaturated/α-hetero) is 1. The molecule has 0 atom stereocenters. The Labute approximate surface area is 188 Å². The van der Waals surface area contributed by atoms with Crippen molar-refractivity contribution in [2.45, 2.75) is 85.0 Å². The molecule has 168 valence electrons. The maximum atomic E-state index is 12.8. The summed E-state index contributed by atoms with van der Waals surface area (Å²) >= 11 is 0. The Morgan fingerprint density at radius 2 is 1.90 bits per heavy atom. The average molecular weight is 422 g/mol. The lowest BCUT2D eigenvalue weighted by Gasteiger charge is -2.14. The zero-order chi connectivity index (χ0) is 22.6. The second kappa shape index (κ2) is 13.0. The molecule has 0 fully saturated rings. The smallest absolute Gasteiger partial charge is 0.168 e. The van der Waals surface area contributed by atoms with Crippen LogP contribution in [-0.4, -0.2) is 17.2 Å². The van der Waals surface area contributed by atoms with Gasteiger partial charge in [-0.3, -0.25) is 4.79 Å². The molecule has 31 heavy (non-hydrogen) atoms. The zero-order valence-electron chi connectivity index (χ0n) is 19.5. The van der Waals surface area contributed by atoms with Gasteiger partial charge in [-0.2, -0.15) is 0 Å². The predicted molar refractivity (Wildman–Crippen MR) is 133 cm³/mol. The van der Waals surface area contributed by atoms with Crippen molar-refractivity contribution in [2.75, 3.05) is 5.32 Å². The first kappa shape index (κ1) is 24.8. The summed E-state index contributed by atoms with van der Waals surface area (Å²) in [5, 5.41) is 19.7. The van der Waals surface area contributed by atoms with Gasteiger partial charge in [0.2, 0.25) is 0 Å². The van der Waals surface area contributed by atoms with Crippen LogP contribution in [0.3, 0.4) is 0 Å². The van der Waals surface area contributed by atoms with Gasteiger partial charge in [-0.05, 0) is 55.4 Å². The summed E-state index contributed by atoms with van der Waals surface area (Å²) in [7, 11) is 0. The molecular formula is C27H39N3O. The highest BCUT2D eigenvalue weighted by Gasteiger charge is 2.14. The molecule has 0 amide bonds. The quantitative estimate of drug-likeness (QED) is 0.133. The minimum Gasteiger partial charge on any atom is -0.354 e. The molecule has 0 aromatic heterocycles.